The van der Waals surface area contributed by atoms with Gasteiger partial charge in [-0.15, -0.1) is 11.3 Å². The van der Waals surface area contributed by atoms with Crippen LogP contribution in [0.5, 0.6) is 0 Å². The topological polar surface area (TPSA) is 114 Å². The van der Waals surface area contributed by atoms with E-state index in [2.05, 4.69) is 15.0 Å². The third kappa shape index (κ3) is 4.29. The van der Waals surface area contributed by atoms with Gasteiger partial charge in [0.2, 0.25) is 10.0 Å². The number of sulfonamides is 1. The Kier molecular flexibility index (Phi) is 5.85. The molecule has 34 heavy (non-hydrogen) atoms. The lowest BCUT2D eigenvalue weighted by atomic mass is 9.99. The van der Waals surface area contributed by atoms with Crippen molar-refractivity contribution < 1.29 is 13.2 Å². The molecule has 1 atom stereocenters. The minimum Gasteiger partial charge on any atom is -0.375 e. The lowest BCUT2D eigenvalue weighted by Crippen LogP contribution is -2.38. The van der Waals surface area contributed by atoms with Crippen LogP contribution < -0.4 is 15.8 Å². The number of nitrogens with zero attached hydrogens (tertiary/aromatic N) is 1. The SMILES string of the molecule is Cc1ccccc1C(=O)Nc1ccc(S(=O)(=O)NC2CCc3nc(N)sc3C2)c2ccccc12. The Morgan fingerprint density at radius 2 is 1.79 bits per heavy atom. The number of amides is 1. The molecule has 0 fully saturated rings. The normalized spacial score (nSPS) is 15.7. The molecule has 0 saturated carbocycles. The summed E-state index contributed by atoms with van der Waals surface area (Å²) in [6.45, 7) is 1.88. The minimum absolute atomic E-state index is 0.187. The van der Waals surface area contributed by atoms with E-state index in [4.69, 9.17) is 5.73 Å². The van der Waals surface area contributed by atoms with Crippen molar-refractivity contribution in [1.82, 2.24) is 9.71 Å². The van der Waals surface area contributed by atoms with Crippen LogP contribution in [0.3, 0.4) is 0 Å². The molecular weight excluding hydrogens is 468 g/mol. The van der Waals surface area contributed by atoms with Crippen LogP contribution in [-0.4, -0.2) is 25.4 Å². The number of thiazole rings is 1. The molecule has 7 nitrogen and oxygen atoms in total. The highest BCUT2D eigenvalue weighted by molar-refractivity contribution is 7.89. The number of rotatable bonds is 5. The summed E-state index contributed by atoms with van der Waals surface area (Å²) in [5.74, 6) is -0.237. The number of benzene rings is 3. The summed E-state index contributed by atoms with van der Waals surface area (Å²) >= 11 is 1.42. The maximum atomic E-state index is 13.4. The van der Waals surface area contributed by atoms with Crippen LogP contribution in [0.2, 0.25) is 0 Å². The van der Waals surface area contributed by atoms with Crippen LogP contribution in [0.15, 0.2) is 65.6 Å². The van der Waals surface area contributed by atoms with E-state index in [1.165, 1.54) is 11.3 Å². The number of hydrogen-bond acceptors (Lipinski definition) is 6. The molecule has 0 radical (unpaired) electrons. The first-order valence-corrected chi connectivity index (χ1v) is 13.3. The number of carbonyl (C=O) groups excluding carboxylic acids is 1. The number of carbonyl (C=O) groups is 1. The van der Waals surface area contributed by atoms with Crippen LogP contribution in [0.25, 0.3) is 10.8 Å². The molecule has 9 heteroatoms. The zero-order valence-corrected chi connectivity index (χ0v) is 20.2. The Balaban J connectivity index is 1.44. The molecule has 3 aromatic carbocycles. The van der Waals surface area contributed by atoms with Crippen molar-refractivity contribution in [3.05, 3.63) is 82.4 Å². The maximum absolute atomic E-state index is 13.4. The lowest BCUT2D eigenvalue weighted by Gasteiger charge is -2.23. The van der Waals surface area contributed by atoms with E-state index in [-0.39, 0.29) is 16.8 Å². The third-order valence-corrected chi connectivity index (χ3v) is 8.62. The van der Waals surface area contributed by atoms with Crippen LogP contribution >= 0.6 is 11.3 Å². The molecule has 1 amide bonds. The number of aryl methyl sites for hydroxylation is 2. The summed E-state index contributed by atoms with van der Waals surface area (Å²) < 4.78 is 29.7. The van der Waals surface area contributed by atoms with Crippen molar-refractivity contribution in [3.63, 3.8) is 0 Å². The first-order valence-electron chi connectivity index (χ1n) is 11.0. The van der Waals surface area contributed by atoms with Crippen molar-refractivity contribution in [2.45, 2.75) is 37.1 Å². The lowest BCUT2D eigenvalue weighted by molar-refractivity contribution is 0.102. The second-order valence-corrected chi connectivity index (χ2v) is 11.2. The maximum Gasteiger partial charge on any atom is 0.255 e. The molecule has 1 aromatic heterocycles. The molecule has 1 aliphatic rings. The predicted molar refractivity (Wildman–Crippen MR) is 136 cm³/mol. The zero-order valence-electron chi connectivity index (χ0n) is 18.5. The fourth-order valence-electron chi connectivity index (χ4n) is 4.41. The van der Waals surface area contributed by atoms with E-state index in [9.17, 15) is 13.2 Å². The van der Waals surface area contributed by atoms with Gasteiger partial charge in [0.15, 0.2) is 5.13 Å². The van der Waals surface area contributed by atoms with Crippen LogP contribution in [0.1, 0.15) is 32.9 Å². The first-order chi connectivity index (χ1) is 16.3. The Labute approximate surface area is 202 Å². The standard InChI is InChI=1S/C25H24N4O3S2/c1-15-6-2-3-7-17(15)24(30)27-20-12-13-23(19-9-5-4-8-18(19)20)34(31,32)29-16-10-11-21-22(14-16)33-25(26)28-21/h2-9,12-13,16,29H,10-11,14H2,1H3,(H2,26,28)(H,27,30). The molecule has 4 N–H and O–H groups in total. The minimum atomic E-state index is -3.80. The van der Waals surface area contributed by atoms with Gasteiger partial charge < -0.3 is 11.1 Å². The van der Waals surface area contributed by atoms with Gasteiger partial charge in [-0.05, 0) is 43.5 Å². The van der Waals surface area contributed by atoms with Crippen molar-refractivity contribution in [1.29, 1.82) is 0 Å². The summed E-state index contributed by atoms with van der Waals surface area (Å²) in [7, 11) is -3.80. The largest absolute Gasteiger partial charge is 0.375 e. The zero-order chi connectivity index (χ0) is 23.9. The predicted octanol–water partition coefficient (Wildman–Crippen LogP) is 4.28. The number of nitrogens with two attached hydrogens (primary N) is 1. The van der Waals surface area contributed by atoms with Crippen molar-refractivity contribution >= 4 is 48.9 Å². The number of fused-ring (bicyclic) bond motifs is 2. The summed E-state index contributed by atoms with van der Waals surface area (Å²) in [6.07, 6.45) is 1.94. The Morgan fingerprint density at radius 1 is 1.06 bits per heavy atom. The van der Waals surface area contributed by atoms with Gasteiger partial charge in [0.1, 0.15) is 0 Å². The van der Waals surface area contributed by atoms with Gasteiger partial charge in [-0.3, -0.25) is 4.79 Å². The van der Waals surface area contributed by atoms with Gasteiger partial charge in [-0.1, -0.05) is 42.5 Å². The molecule has 1 unspecified atom stereocenters. The highest BCUT2D eigenvalue weighted by atomic mass is 32.2. The highest BCUT2D eigenvalue weighted by Gasteiger charge is 2.28. The first kappa shape index (κ1) is 22.5. The molecule has 0 bridgehead atoms. The van der Waals surface area contributed by atoms with Gasteiger partial charge in [0, 0.05) is 39.4 Å². The number of nitrogens with one attached hydrogen (secondary N) is 2. The van der Waals surface area contributed by atoms with Crippen molar-refractivity contribution in [2.75, 3.05) is 11.1 Å². The van der Waals surface area contributed by atoms with Gasteiger partial charge in [0.25, 0.3) is 5.91 Å². The molecule has 0 spiro atoms. The van der Waals surface area contributed by atoms with E-state index in [1.807, 2.05) is 37.3 Å². The van der Waals surface area contributed by atoms with E-state index in [0.717, 1.165) is 16.1 Å². The number of hydrogen-bond donors (Lipinski definition) is 3. The van der Waals surface area contributed by atoms with E-state index in [1.54, 1.807) is 30.3 Å². The van der Waals surface area contributed by atoms with Gasteiger partial charge in [-0.2, -0.15) is 0 Å². The molecule has 4 aromatic rings. The summed E-state index contributed by atoms with van der Waals surface area (Å²) in [6, 6.07) is 17.5. The highest BCUT2D eigenvalue weighted by Crippen LogP contribution is 2.32. The molecule has 174 valence electrons. The quantitative estimate of drug-likeness (QED) is 0.385. The molecule has 0 saturated heterocycles. The van der Waals surface area contributed by atoms with Crippen LogP contribution in [0, 0.1) is 6.92 Å². The van der Waals surface area contributed by atoms with E-state index < -0.39 is 10.0 Å². The molecule has 1 aliphatic carbocycles. The van der Waals surface area contributed by atoms with E-state index >= 15 is 0 Å². The summed E-state index contributed by atoms with van der Waals surface area (Å²) in [4.78, 5) is 18.4. The number of nitrogen functional groups attached to an aromatic ring is 1. The fourth-order valence-corrected chi connectivity index (χ4v) is 6.85. The Bertz CT molecular complexity index is 1510. The average Bonchev–Trinajstić information content (AvgIpc) is 3.18. The van der Waals surface area contributed by atoms with E-state index in [0.29, 0.717) is 46.4 Å². The molecular formula is C25H24N4O3S2. The third-order valence-electron chi connectivity index (χ3n) is 6.09. The number of aromatic nitrogens is 1. The molecule has 0 aliphatic heterocycles. The Hall–Kier alpha value is -3.27. The summed E-state index contributed by atoms with van der Waals surface area (Å²) in [5.41, 5.74) is 8.79. The number of anilines is 2. The molecule has 1 heterocycles. The second kappa shape index (κ2) is 8.83. The monoisotopic (exact) mass is 492 g/mol. The van der Waals surface area contributed by atoms with Crippen LogP contribution in [-0.2, 0) is 22.9 Å². The summed E-state index contributed by atoms with van der Waals surface area (Å²) in [5, 5.41) is 4.67. The fraction of sp³-hybridized carbons (Fsp3) is 0.200. The van der Waals surface area contributed by atoms with Crippen molar-refractivity contribution in [2.24, 2.45) is 0 Å². The van der Waals surface area contributed by atoms with Gasteiger partial charge in [0.05, 0.1) is 10.6 Å². The molecule has 5 rings (SSSR count). The van der Waals surface area contributed by atoms with Crippen molar-refractivity contribution in [3.8, 4) is 0 Å². The Morgan fingerprint density at radius 3 is 2.59 bits per heavy atom. The second-order valence-electron chi connectivity index (χ2n) is 8.41. The average molecular weight is 493 g/mol. The smallest absolute Gasteiger partial charge is 0.255 e. The van der Waals surface area contributed by atoms with Gasteiger partial charge >= 0.3 is 0 Å². The van der Waals surface area contributed by atoms with Crippen LogP contribution in [0.4, 0.5) is 10.8 Å². The van der Waals surface area contributed by atoms with Gasteiger partial charge in [-0.25, -0.2) is 18.1 Å².